The molecular formula is C10H10N6. The topological polar surface area (TPSA) is 79.4 Å². The molecule has 0 atom stereocenters. The van der Waals surface area contributed by atoms with Crippen molar-refractivity contribution in [1.82, 2.24) is 20.2 Å². The summed E-state index contributed by atoms with van der Waals surface area (Å²) in [7, 11) is 0. The molecule has 1 aromatic heterocycles. The van der Waals surface area contributed by atoms with E-state index in [-0.39, 0.29) is 0 Å². The highest BCUT2D eigenvalue weighted by atomic mass is 15.5. The van der Waals surface area contributed by atoms with E-state index in [0.29, 0.717) is 0 Å². The predicted octanol–water partition coefficient (Wildman–Crippen LogP) is 1.17. The zero-order chi connectivity index (χ0) is 11.5. The smallest absolute Gasteiger partial charge is 0.181 e. The van der Waals surface area contributed by atoms with E-state index < -0.39 is 0 Å². The van der Waals surface area contributed by atoms with Crippen molar-refractivity contribution in [1.29, 1.82) is 5.26 Å². The summed E-state index contributed by atoms with van der Waals surface area (Å²) in [4.78, 5) is 0. The Kier molecular flexibility index (Phi) is 2.52. The van der Waals surface area contributed by atoms with Crippen LogP contribution in [0.4, 0.5) is 5.69 Å². The van der Waals surface area contributed by atoms with E-state index in [0.717, 1.165) is 22.5 Å². The van der Waals surface area contributed by atoms with Crippen molar-refractivity contribution in [2.24, 2.45) is 0 Å². The Morgan fingerprint density at radius 3 is 2.75 bits per heavy atom. The minimum absolute atomic E-state index is 0.763. The second kappa shape index (κ2) is 3.98. The van der Waals surface area contributed by atoms with Gasteiger partial charge in [-0.2, -0.15) is 5.26 Å². The number of benzene rings is 1. The van der Waals surface area contributed by atoms with E-state index >= 15 is 0 Å². The van der Waals surface area contributed by atoms with Gasteiger partial charge >= 0.3 is 0 Å². The van der Waals surface area contributed by atoms with Crippen LogP contribution in [0.2, 0.25) is 0 Å². The molecule has 0 aliphatic rings. The normalized spacial score (nSPS) is 9.81. The summed E-state index contributed by atoms with van der Waals surface area (Å²) in [5.74, 6) is 0. The van der Waals surface area contributed by atoms with Gasteiger partial charge in [-0.1, -0.05) is 6.07 Å². The van der Waals surface area contributed by atoms with Crippen LogP contribution in [0.15, 0.2) is 18.5 Å². The summed E-state index contributed by atoms with van der Waals surface area (Å²) in [5.41, 5.74) is 3.68. The van der Waals surface area contributed by atoms with Gasteiger partial charge in [0.1, 0.15) is 6.33 Å². The number of hydrogen-bond donors (Lipinski definition) is 1. The van der Waals surface area contributed by atoms with Crippen LogP contribution in [0.3, 0.4) is 0 Å². The third-order valence-corrected chi connectivity index (χ3v) is 2.33. The standard InChI is InChI=1S/C10H10N6/c1-7-3-8(2)10(4-9(7)12-5-11)16-6-13-14-15-16/h3-4,6,12H,1-2H3. The Hall–Kier alpha value is -2.42. The largest absolute Gasteiger partial charge is 0.292 e. The molecule has 0 fully saturated rings. The molecule has 1 N–H and O–H groups in total. The van der Waals surface area contributed by atoms with Gasteiger partial charge in [0.2, 0.25) is 0 Å². The average molecular weight is 214 g/mol. The van der Waals surface area contributed by atoms with Crippen molar-refractivity contribution < 1.29 is 0 Å². The highest BCUT2D eigenvalue weighted by Gasteiger charge is 2.06. The molecule has 80 valence electrons. The van der Waals surface area contributed by atoms with Crippen LogP contribution in [0.1, 0.15) is 11.1 Å². The van der Waals surface area contributed by atoms with E-state index in [2.05, 4.69) is 20.8 Å². The van der Waals surface area contributed by atoms with Crippen LogP contribution in [-0.4, -0.2) is 20.2 Å². The number of anilines is 1. The SMILES string of the molecule is Cc1cc(C)c(-n2cnnn2)cc1NC#N. The highest BCUT2D eigenvalue weighted by molar-refractivity contribution is 5.61. The van der Waals surface area contributed by atoms with E-state index in [1.807, 2.05) is 32.2 Å². The van der Waals surface area contributed by atoms with Gasteiger partial charge in [-0.25, -0.2) is 4.68 Å². The minimum atomic E-state index is 0.763. The first-order valence-corrected chi connectivity index (χ1v) is 4.72. The van der Waals surface area contributed by atoms with E-state index in [1.165, 1.54) is 6.33 Å². The second-order valence-corrected chi connectivity index (χ2v) is 3.44. The lowest BCUT2D eigenvalue weighted by molar-refractivity contribution is 0.785. The molecule has 0 radical (unpaired) electrons. The number of aryl methyl sites for hydroxylation is 2. The molecule has 6 nitrogen and oxygen atoms in total. The maximum absolute atomic E-state index is 8.63. The summed E-state index contributed by atoms with van der Waals surface area (Å²) >= 11 is 0. The molecule has 0 bridgehead atoms. The average Bonchev–Trinajstić information content (AvgIpc) is 2.75. The molecule has 2 rings (SSSR count). The number of aromatic nitrogens is 4. The van der Waals surface area contributed by atoms with Gasteiger partial charge in [0.05, 0.1) is 11.4 Å². The number of nitrogens with one attached hydrogen (secondary N) is 1. The predicted molar refractivity (Wildman–Crippen MR) is 57.9 cm³/mol. The molecule has 6 heteroatoms. The lowest BCUT2D eigenvalue weighted by Crippen LogP contribution is -2.01. The van der Waals surface area contributed by atoms with Crippen molar-refractivity contribution in [3.8, 4) is 11.9 Å². The van der Waals surface area contributed by atoms with Crippen molar-refractivity contribution in [3.63, 3.8) is 0 Å². The first-order chi connectivity index (χ1) is 7.72. The summed E-state index contributed by atoms with van der Waals surface area (Å²) in [6.45, 7) is 3.91. The van der Waals surface area contributed by atoms with Gasteiger partial charge in [0.15, 0.2) is 6.19 Å². The fraction of sp³-hybridized carbons (Fsp3) is 0.200. The Labute approximate surface area is 92.5 Å². The Morgan fingerprint density at radius 1 is 1.31 bits per heavy atom. The second-order valence-electron chi connectivity index (χ2n) is 3.44. The summed E-state index contributed by atoms with van der Waals surface area (Å²) in [6.07, 6.45) is 3.43. The number of tetrazole rings is 1. The van der Waals surface area contributed by atoms with Crippen LogP contribution in [0.25, 0.3) is 5.69 Å². The van der Waals surface area contributed by atoms with Gasteiger partial charge in [-0.3, -0.25) is 5.32 Å². The number of nitriles is 1. The molecular weight excluding hydrogens is 204 g/mol. The summed E-state index contributed by atoms with van der Waals surface area (Å²) in [5, 5.41) is 22.2. The molecule has 0 spiro atoms. The third-order valence-electron chi connectivity index (χ3n) is 2.33. The van der Waals surface area contributed by atoms with E-state index in [4.69, 9.17) is 5.26 Å². The van der Waals surface area contributed by atoms with Gasteiger partial charge < -0.3 is 0 Å². The summed E-state index contributed by atoms with van der Waals surface area (Å²) < 4.78 is 1.57. The Balaban J connectivity index is 2.55. The van der Waals surface area contributed by atoms with Crippen molar-refractivity contribution in [3.05, 3.63) is 29.6 Å². The first-order valence-electron chi connectivity index (χ1n) is 4.72. The summed E-state index contributed by atoms with van der Waals surface area (Å²) in [6, 6.07) is 3.83. The minimum Gasteiger partial charge on any atom is -0.292 e. The fourth-order valence-corrected chi connectivity index (χ4v) is 1.55. The van der Waals surface area contributed by atoms with Crippen molar-refractivity contribution >= 4 is 5.69 Å². The van der Waals surface area contributed by atoms with Crippen molar-refractivity contribution in [2.75, 3.05) is 5.32 Å². The highest BCUT2D eigenvalue weighted by Crippen LogP contribution is 2.22. The van der Waals surface area contributed by atoms with Crippen LogP contribution >= 0.6 is 0 Å². The molecule has 0 aliphatic heterocycles. The van der Waals surface area contributed by atoms with Gasteiger partial charge in [0.25, 0.3) is 0 Å². The molecule has 2 aromatic rings. The van der Waals surface area contributed by atoms with Crippen LogP contribution in [0.5, 0.6) is 0 Å². The Morgan fingerprint density at radius 2 is 2.12 bits per heavy atom. The molecule has 16 heavy (non-hydrogen) atoms. The molecule has 0 saturated carbocycles. The molecule has 0 amide bonds. The fourth-order valence-electron chi connectivity index (χ4n) is 1.55. The Bertz CT molecular complexity index is 537. The van der Waals surface area contributed by atoms with Gasteiger partial charge in [0, 0.05) is 0 Å². The van der Waals surface area contributed by atoms with E-state index in [9.17, 15) is 0 Å². The zero-order valence-electron chi connectivity index (χ0n) is 8.97. The lowest BCUT2D eigenvalue weighted by atomic mass is 10.1. The molecule has 0 unspecified atom stereocenters. The lowest BCUT2D eigenvalue weighted by Gasteiger charge is -2.09. The number of nitrogens with zero attached hydrogens (tertiary/aromatic N) is 5. The first kappa shape index (κ1) is 10.1. The maximum atomic E-state index is 8.63. The number of hydrogen-bond acceptors (Lipinski definition) is 5. The molecule has 0 saturated heterocycles. The van der Waals surface area contributed by atoms with Crippen molar-refractivity contribution in [2.45, 2.75) is 13.8 Å². The van der Waals surface area contributed by atoms with Crippen LogP contribution in [-0.2, 0) is 0 Å². The van der Waals surface area contributed by atoms with Gasteiger partial charge in [-0.05, 0) is 41.5 Å². The number of rotatable bonds is 2. The van der Waals surface area contributed by atoms with E-state index in [1.54, 1.807) is 4.68 Å². The monoisotopic (exact) mass is 214 g/mol. The third kappa shape index (κ3) is 1.70. The quantitative estimate of drug-likeness (QED) is 0.599. The molecule has 1 aromatic carbocycles. The van der Waals surface area contributed by atoms with Gasteiger partial charge in [-0.15, -0.1) is 5.10 Å². The zero-order valence-corrected chi connectivity index (χ0v) is 8.97. The van der Waals surface area contributed by atoms with Crippen LogP contribution in [0, 0.1) is 25.3 Å². The molecule has 0 aliphatic carbocycles. The van der Waals surface area contributed by atoms with Crippen LogP contribution < -0.4 is 5.32 Å². The molecule has 1 heterocycles. The maximum Gasteiger partial charge on any atom is 0.181 e.